The van der Waals surface area contributed by atoms with Crippen molar-refractivity contribution < 1.29 is 23.8 Å². The van der Waals surface area contributed by atoms with E-state index in [9.17, 15) is 9.59 Å². The van der Waals surface area contributed by atoms with E-state index in [2.05, 4.69) is 4.90 Å². The first-order valence-electron chi connectivity index (χ1n) is 13.2. The predicted octanol–water partition coefficient (Wildman–Crippen LogP) is 4.57. The predicted molar refractivity (Wildman–Crippen MR) is 146 cm³/mol. The molecule has 3 N–H and O–H groups in total. The Morgan fingerprint density at radius 1 is 1.00 bits per heavy atom. The van der Waals surface area contributed by atoms with Crippen molar-refractivity contribution in [1.82, 2.24) is 4.90 Å². The van der Waals surface area contributed by atoms with Gasteiger partial charge in [0.2, 0.25) is 0 Å². The number of nitrogens with two attached hydrogens (primary N) is 1. The van der Waals surface area contributed by atoms with Gasteiger partial charge in [-0.1, -0.05) is 12.1 Å². The number of carbonyl (C=O) groups is 2. The molecule has 2 aliphatic heterocycles. The fourth-order valence-corrected chi connectivity index (χ4v) is 4.80. The van der Waals surface area contributed by atoms with Crippen LogP contribution in [0, 0.1) is 5.41 Å². The summed E-state index contributed by atoms with van der Waals surface area (Å²) in [6.07, 6.45) is 3.09. The van der Waals surface area contributed by atoms with Gasteiger partial charge in [0.1, 0.15) is 29.9 Å². The molecule has 0 saturated carbocycles. The summed E-state index contributed by atoms with van der Waals surface area (Å²) in [5, 5.41) is 7.68. The number of hydrogen-bond acceptors (Lipinski definition) is 7. The highest BCUT2D eigenvalue weighted by Gasteiger charge is 2.28. The number of likely N-dealkylation sites (tertiary alicyclic amines) is 1. The number of rotatable bonds is 7. The van der Waals surface area contributed by atoms with Crippen LogP contribution in [0.1, 0.15) is 62.4 Å². The largest absolute Gasteiger partial charge is 0.490 e. The fourth-order valence-electron chi connectivity index (χ4n) is 4.80. The number of carbonyl (C=O) groups excluding carboxylic acids is 2. The van der Waals surface area contributed by atoms with Crippen molar-refractivity contribution in [3.63, 3.8) is 0 Å². The highest BCUT2D eigenvalue weighted by molar-refractivity contribution is 5.95. The third-order valence-corrected chi connectivity index (χ3v) is 6.76. The SMILES string of the molecule is CC(C)(C)OC(=O)N1CCC(Oc2ccc(C(=O)OC[C@@H]3CCCN3c3cccc(C(=N)N)c3)cc2)CC1. The molecule has 2 saturated heterocycles. The number of anilines is 1. The Bertz CT molecular complexity index is 1140. The minimum absolute atomic E-state index is 0.00124. The minimum atomic E-state index is -0.508. The summed E-state index contributed by atoms with van der Waals surface area (Å²) in [6, 6.07) is 14.7. The molecule has 0 bridgehead atoms. The van der Waals surface area contributed by atoms with Crippen LogP contribution in [0.2, 0.25) is 0 Å². The van der Waals surface area contributed by atoms with E-state index in [-0.39, 0.29) is 36.7 Å². The van der Waals surface area contributed by atoms with Crippen LogP contribution < -0.4 is 15.4 Å². The summed E-state index contributed by atoms with van der Waals surface area (Å²) >= 11 is 0. The van der Waals surface area contributed by atoms with Crippen molar-refractivity contribution in [3.05, 3.63) is 59.7 Å². The molecule has 1 atom stereocenters. The zero-order valence-electron chi connectivity index (χ0n) is 22.4. The molecule has 4 rings (SSSR count). The van der Waals surface area contributed by atoms with Crippen molar-refractivity contribution in [1.29, 1.82) is 5.41 Å². The van der Waals surface area contributed by atoms with Crippen LogP contribution in [0.15, 0.2) is 48.5 Å². The highest BCUT2D eigenvalue weighted by Crippen LogP contribution is 2.27. The fraction of sp³-hybridized carbons (Fsp3) is 0.483. The topological polar surface area (TPSA) is 118 Å². The van der Waals surface area contributed by atoms with Crippen LogP contribution in [0.3, 0.4) is 0 Å². The van der Waals surface area contributed by atoms with Gasteiger partial charge in [0, 0.05) is 43.7 Å². The first-order valence-corrected chi connectivity index (χ1v) is 13.2. The number of amidine groups is 1. The molecular weight excluding hydrogens is 484 g/mol. The minimum Gasteiger partial charge on any atom is -0.490 e. The second kappa shape index (κ2) is 11.8. The summed E-state index contributed by atoms with van der Waals surface area (Å²) in [7, 11) is 0. The van der Waals surface area contributed by atoms with Gasteiger partial charge in [-0.2, -0.15) is 0 Å². The number of esters is 1. The summed E-state index contributed by atoms with van der Waals surface area (Å²) in [6.45, 7) is 7.91. The van der Waals surface area contributed by atoms with Crippen LogP contribution >= 0.6 is 0 Å². The number of nitrogens with one attached hydrogen (secondary N) is 1. The monoisotopic (exact) mass is 522 g/mol. The van der Waals surface area contributed by atoms with Crippen LogP contribution in [-0.2, 0) is 9.47 Å². The molecule has 1 amide bonds. The number of nitrogen functional groups attached to an aromatic ring is 1. The van der Waals surface area contributed by atoms with Gasteiger partial charge in [0.25, 0.3) is 0 Å². The Kier molecular flexibility index (Phi) is 8.44. The molecule has 2 aromatic rings. The molecule has 0 aromatic heterocycles. The molecular formula is C29H38N4O5. The van der Waals surface area contributed by atoms with E-state index in [1.807, 2.05) is 45.0 Å². The molecule has 204 valence electrons. The Labute approximate surface area is 224 Å². The molecule has 2 aromatic carbocycles. The summed E-state index contributed by atoms with van der Waals surface area (Å²) in [5.74, 6) is 0.351. The molecule has 2 fully saturated rings. The normalized spacial score (nSPS) is 18.2. The van der Waals surface area contributed by atoms with E-state index in [0.29, 0.717) is 30.0 Å². The third kappa shape index (κ3) is 7.18. The lowest BCUT2D eigenvalue weighted by molar-refractivity contribution is 0.0126. The number of hydrogen-bond donors (Lipinski definition) is 2. The second-order valence-electron chi connectivity index (χ2n) is 10.9. The maximum Gasteiger partial charge on any atom is 0.410 e. The lowest BCUT2D eigenvalue weighted by Gasteiger charge is -2.33. The Morgan fingerprint density at radius 3 is 2.37 bits per heavy atom. The highest BCUT2D eigenvalue weighted by atomic mass is 16.6. The van der Waals surface area contributed by atoms with E-state index in [1.165, 1.54) is 0 Å². The second-order valence-corrected chi connectivity index (χ2v) is 10.9. The van der Waals surface area contributed by atoms with Crippen molar-refractivity contribution >= 4 is 23.6 Å². The molecule has 2 heterocycles. The molecule has 0 aliphatic carbocycles. The molecule has 9 heteroatoms. The summed E-state index contributed by atoms with van der Waals surface area (Å²) in [4.78, 5) is 28.9. The van der Waals surface area contributed by atoms with Crippen LogP contribution in [0.5, 0.6) is 5.75 Å². The van der Waals surface area contributed by atoms with Gasteiger partial charge in [0.05, 0.1) is 11.6 Å². The third-order valence-electron chi connectivity index (χ3n) is 6.76. The van der Waals surface area contributed by atoms with Gasteiger partial charge in [-0.25, -0.2) is 9.59 Å². The molecule has 0 unspecified atom stereocenters. The Morgan fingerprint density at radius 2 is 1.71 bits per heavy atom. The van der Waals surface area contributed by atoms with Crippen molar-refractivity contribution in [2.75, 3.05) is 31.1 Å². The van der Waals surface area contributed by atoms with Gasteiger partial charge in [-0.3, -0.25) is 5.41 Å². The van der Waals surface area contributed by atoms with Gasteiger partial charge >= 0.3 is 12.1 Å². The number of piperidine rings is 1. The van der Waals surface area contributed by atoms with E-state index in [0.717, 1.165) is 37.9 Å². The average Bonchev–Trinajstić information content (AvgIpc) is 3.36. The van der Waals surface area contributed by atoms with Crippen molar-refractivity contribution in [2.24, 2.45) is 5.73 Å². The lowest BCUT2D eigenvalue weighted by Crippen LogP contribution is -2.44. The lowest BCUT2D eigenvalue weighted by atomic mass is 10.1. The van der Waals surface area contributed by atoms with E-state index in [1.54, 1.807) is 29.2 Å². The van der Waals surface area contributed by atoms with Gasteiger partial charge in [-0.05, 0) is 70.0 Å². The molecule has 0 radical (unpaired) electrons. The van der Waals surface area contributed by atoms with Gasteiger partial charge in [0.15, 0.2) is 0 Å². The standard InChI is InChI=1S/C29H38N4O5/c1-29(2,3)38-28(35)32-16-13-25(14-17-32)37-24-11-9-20(10-12-24)27(34)36-19-23-8-5-15-33(23)22-7-4-6-21(18-22)26(30)31/h4,6-7,9-12,18,23,25H,5,8,13-17,19H2,1-3H3,(H3,30,31)/t23-/m0/s1. The first-order chi connectivity index (χ1) is 18.1. The number of benzene rings is 2. The first kappa shape index (κ1) is 27.3. The number of ether oxygens (including phenoxy) is 3. The molecule has 0 spiro atoms. The number of amides is 1. The van der Waals surface area contributed by atoms with Crippen molar-refractivity contribution in [2.45, 2.75) is 64.2 Å². The summed E-state index contributed by atoms with van der Waals surface area (Å²) < 4.78 is 17.2. The van der Waals surface area contributed by atoms with Crippen molar-refractivity contribution in [3.8, 4) is 5.75 Å². The molecule has 38 heavy (non-hydrogen) atoms. The number of nitrogens with zero attached hydrogens (tertiary/aromatic N) is 2. The Balaban J connectivity index is 1.25. The molecule has 9 nitrogen and oxygen atoms in total. The van der Waals surface area contributed by atoms with Crippen LogP contribution in [-0.4, -0.2) is 66.8 Å². The smallest absolute Gasteiger partial charge is 0.410 e. The van der Waals surface area contributed by atoms with E-state index >= 15 is 0 Å². The Hall–Kier alpha value is -3.75. The van der Waals surface area contributed by atoms with Crippen LogP contribution in [0.4, 0.5) is 10.5 Å². The molecule has 2 aliphatic rings. The van der Waals surface area contributed by atoms with Gasteiger partial charge in [-0.15, -0.1) is 0 Å². The quantitative estimate of drug-likeness (QED) is 0.311. The maximum atomic E-state index is 12.7. The maximum absolute atomic E-state index is 12.7. The van der Waals surface area contributed by atoms with Gasteiger partial charge < -0.3 is 29.7 Å². The zero-order chi connectivity index (χ0) is 27.3. The van der Waals surface area contributed by atoms with Crippen LogP contribution in [0.25, 0.3) is 0 Å². The van der Waals surface area contributed by atoms with E-state index in [4.69, 9.17) is 25.4 Å². The average molecular weight is 523 g/mol. The van der Waals surface area contributed by atoms with E-state index < -0.39 is 5.60 Å². The summed E-state index contributed by atoms with van der Waals surface area (Å²) in [5.41, 5.74) is 7.27. The zero-order valence-corrected chi connectivity index (χ0v) is 22.4.